The Morgan fingerprint density at radius 1 is 1.23 bits per heavy atom. The summed E-state index contributed by atoms with van der Waals surface area (Å²) < 4.78 is 1.42. The van der Waals surface area contributed by atoms with Crippen LogP contribution in [0.5, 0.6) is 0 Å². The predicted molar refractivity (Wildman–Crippen MR) is 95.8 cm³/mol. The van der Waals surface area contributed by atoms with E-state index in [0.29, 0.717) is 32.1 Å². The van der Waals surface area contributed by atoms with Gasteiger partial charge in [0, 0.05) is 36.4 Å². The standard InChI is InChI=1S/C17H22N6O2S/c1-12-2-3-13-14(10-26-15(13)8-12)17(25)22-6-4-21(5-7-22)16(24)9-23-11-18-19-20-23/h10-12H,2-9H2,1H3. The van der Waals surface area contributed by atoms with Gasteiger partial charge < -0.3 is 9.80 Å². The third-order valence-electron chi connectivity index (χ3n) is 5.24. The lowest BCUT2D eigenvalue weighted by atomic mass is 9.88. The SMILES string of the molecule is CC1CCc2c(C(=O)N3CCN(C(=O)Cn4cnnn4)CC3)csc2C1. The van der Waals surface area contributed by atoms with Gasteiger partial charge in [-0.1, -0.05) is 6.92 Å². The van der Waals surface area contributed by atoms with Crippen LogP contribution < -0.4 is 0 Å². The van der Waals surface area contributed by atoms with Gasteiger partial charge in [0.2, 0.25) is 5.91 Å². The minimum atomic E-state index is -0.0219. The average molecular weight is 374 g/mol. The number of rotatable bonds is 3. The number of hydrogen-bond donors (Lipinski definition) is 0. The molecule has 2 aliphatic rings. The normalized spacial score (nSPS) is 20.1. The fraction of sp³-hybridized carbons (Fsp3) is 0.588. The van der Waals surface area contributed by atoms with Crippen LogP contribution in [0.15, 0.2) is 11.7 Å². The van der Waals surface area contributed by atoms with Crippen molar-refractivity contribution in [3.63, 3.8) is 0 Å². The summed E-state index contributed by atoms with van der Waals surface area (Å²) in [6.07, 6.45) is 4.68. The summed E-state index contributed by atoms with van der Waals surface area (Å²) in [6.45, 7) is 4.65. The van der Waals surface area contributed by atoms with Crippen LogP contribution in [0.2, 0.25) is 0 Å². The number of piperazine rings is 1. The molecule has 1 atom stereocenters. The second kappa shape index (κ2) is 7.14. The van der Waals surface area contributed by atoms with Crippen LogP contribution in [-0.4, -0.2) is 68.0 Å². The first-order chi connectivity index (χ1) is 12.6. The van der Waals surface area contributed by atoms with Gasteiger partial charge in [-0.2, -0.15) is 0 Å². The molecule has 1 aliphatic carbocycles. The summed E-state index contributed by atoms with van der Waals surface area (Å²) in [5, 5.41) is 12.8. The minimum Gasteiger partial charge on any atom is -0.338 e. The number of fused-ring (bicyclic) bond motifs is 1. The summed E-state index contributed by atoms with van der Waals surface area (Å²) in [4.78, 5) is 30.3. The Morgan fingerprint density at radius 3 is 2.73 bits per heavy atom. The molecule has 138 valence electrons. The third-order valence-corrected chi connectivity index (χ3v) is 6.29. The Kier molecular flexibility index (Phi) is 4.71. The van der Waals surface area contributed by atoms with E-state index in [1.807, 2.05) is 10.3 Å². The minimum absolute atomic E-state index is 0.0219. The lowest BCUT2D eigenvalue weighted by Gasteiger charge is -2.35. The fourth-order valence-corrected chi connectivity index (χ4v) is 4.92. The van der Waals surface area contributed by atoms with Crippen molar-refractivity contribution < 1.29 is 9.59 Å². The van der Waals surface area contributed by atoms with Crippen LogP contribution in [0.4, 0.5) is 0 Å². The van der Waals surface area contributed by atoms with E-state index in [-0.39, 0.29) is 18.4 Å². The molecule has 0 aromatic carbocycles. The highest BCUT2D eigenvalue weighted by Gasteiger charge is 2.29. The first-order valence-electron chi connectivity index (χ1n) is 8.99. The van der Waals surface area contributed by atoms with Crippen molar-refractivity contribution in [2.45, 2.75) is 32.7 Å². The third kappa shape index (κ3) is 3.35. The molecule has 0 radical (unpaired) electrons. The molecule has 3 heterocycles. The number of amides is 2. The zero-order valence-electron chi connectivity index (χ0n) is 14.8. The summed E-state index contributed by atoms with van der Waals surface area (Å²) in [5.74, 6) is 0.801. The summed E-state index contributed by atoms with van der Waals surface area (Å²) >= 11 is 1.72. The largest absolute Gasteiger partial charge is 0.338 e. The van der Waals surface area contributed by atoms with Gasteiger partial charge in [0.25, 0.3) is 5.91 Å². The highest BCUT2D eigenvalue weighted by Crippen LogP contribution is 2.33. The highest BCUT2D eigenvalue weighted by molar-refractivity contribution is 7.10. The number of nitrogens with zero attached hydrogens (tertiary/aromatic N) is 6. The van der Waals surface area contributed by atoms with E-state index in [4.69, 9.17) is 0 Å². The van der Waals surface area contributed by atoms with Crippen LogP contribution in [0.3, 0.4) is 0 Å². The van der Waals surface area contributed by atoms with Gasteiger partial charge in [-0.25, -0.2) is 4.68 Å². The molecule has 0 bridgehead atoms. The summed E-state index contributed by atoms with van der Waals surface area (Å²) in [5.41, 5.74) is 2.14. The van der Waals surface area contributed by atoms with Crippen LogP contribution in [-0.2, 0) is 24.2 Å². The molecule has 2 amide bonds. The van der Waals surface area contributed by atoms with E-state index >= 15 is 0 Å². The maximum Gasteiger partial charge on any atom is 0.255 e. The average Bonchev–Trinajstić information content (AvgIpc) is 3.30. The zero-order valence-corrected chi connectivity index (χ0v) is 15.6. The Balaban J connectivity index is 1.36. The molecule has 26 heavy (non-hydrogen) atoms. The van der Waals surface area contributed by atoms with E-state index < -0.39 is 0 Å². The second-order valence-electron chi connectivity index (χ2n) is 7.08. The molecular formula is C17H22N6O2S. The zero-order chi connectivity index (χ0) is 18.1. The van der Waals surface area contributed by atoms with Gasteiger partial charge >= 0.3 is 0 Å². The highest BCUT2D eigenvalue weighted by atomic mass is 32.1. The van der Waals surface area contributed by atoms with E-state index in [1.165, 1.54) is 21.4 Å². The predicted octanol–water partition coefficient (Wildman–Crippen LogP) is 0.844. The summed E-state index contributed by atoms with van der Waals surface area (Å²) in [7, 11) is 0. The van der Waals surface area contributed by atoms with Crippen molar-refractivity contribution in [1.29, 1.82) is 0 Å². The molecule has 8 nitrogen and oxygen atoms in total. The van der Waals surface area contributed by atoms with Crippen LogP contribution in [0.25, 0.3) is 0 Å². The molecule has 0 N–H and O–H groups in total. The van der Waals surface area contributed by atoms with Crippen molar-refractivity contribution in [2.24, 2.45) is 5.92 Å². The second-order valence-corrected chi connectivity index (χ2v) is 8.04. The maximum absolute atomic E-state index is 12.9. The Bertz CT molecular complexity index is 794. The fourth-order valence-electron chi connectivity index (χ4n) is 3.68. The monoisotopic (exact) mass is 374 g/mol. The quantitative estimate of drug-likeness (QED) is 0.795. The van der Waals surface area contributed by atoms with Gasteiger partial charge in [-0.3, -0.25) is 9.59 Å². The number of carbonyl (C=O) groups is 2. The molecule has 0 spiro atoms. The molecule has 9 heteroatoms. The number of hydrogen-bond acceptors (Lipinski definition) is 6. The first-order valence-corrected chi connectivity index (χ1v) is 9.87. The maximum atomic E-state index is 12.9. The van der Waals surface area contributed by atoms with Crippen molar-refractivity contribution in [3.8, 4) is 0 Å². The van der Waals surface area contributed by atoms with Gasteiger partial charge in [-0.05, 0) is 41.2 Å². The van der Waals surface area contributed by atoms with Gasteiger partial charge in [0.1, 0.15) is 12.9 Å². The number of thiophene rings is 1. The van der Waals surface area contributed by atoms with Crippen molar-refractivity contribution in [3.05, 3.63) is 27.7 Å². The number of tetrazole rings is 1. The number of aromatic nitrogens is 4. The topological polar surface area (TPSA) is 84.2 Å². The smallest absolute Gasteiger partial charge is 0.255 e. The molecule has 4 rings (SSSR count). The Hall–Kier alpha value is -2.29. The van der Waals surface area contributed by atoms with Gasteiger partial charge in [0.05, 0.1) is 5.56 Å². The lowest BCUT2D eigenvalue weighted by Crippen LogP contribution is -2.51. The van der Waals surface area contributed by atoms with E-state index in [1.54, 1.807) is 16.2 Å². The Morgan fingerprint density at radius 2 is 2.00 bits per heavy atom. The van der Waals surface area contributed by atoms with E-state index in [0.717, 1.165) is 24.8 Å². The molecule has 0 saturated carbocycles. The van der Waals surface area contributed by atoms with Crippen LogP contribution in [0, 0.1) is 5.92 Å². The van der Waals surface area contributed by atoms with Crippen LogP contribution in [0.1, 0.15) is 34.1 Å². The first kappa shape index (κ1) is 17.1. The molecule has 1 unspecified atom stereocenters. The van der Waals surface area contributed by atoms with Crippen LogP contribution >= 0.6 is 11.3 Å². The number of carbonyl (C=O) groups excluding carboxylic acids is 2. The molecule has 2 aromatic heterocycles. The molecule has 2 aromatic rings. The summed E-state index contributed by atoms with van der Waals surface area (Å²) in [6, 6.07) is 0. The molecule has 1 fully saturated rings. The van der Waals surface area contributed by atoms with Gasteiger partial charge in [0.15, 0.2) is 0 Å². The van der Waals surface area contributed by atoms with Crippen molar-refractivity contribution in [1.82, 2.24) is 30.0 Å². The van der Waals surface area contributed by atoms with Crippen molar-refractivity contribution >= 4 is 23.2 Å². The van der Waals surface area contributed by atoms with Crippen molar-refractivity contribution in [2.75, 3.05) is 26.2 Å². The van der Waals surface area contributed by atoms with E-state index in [2.05, 4.69) is 22.4 Å². The van der Waals surface area contributed by atoms with Gasteiger partial charge in [-0.15, -0.1) is 16.4 Å². The molecule has 1 saturated heterocycles. The Labute approximate surface area is 155 Å². The lowest BCUT2D eigenvalue weighted by molar-refractivity contribution is -0.133. The molecular weight excluding hydrogens is 352 g/mol. The van der Waals surface area contributed by atoms with E-state index in [9.17, 15) is 9.59 Å². The molecule has 1 aliphatic heterocycles.